The zero-order valence-electron chi connectivity index (χ0n) is 13.9. The SMILES string of the molecule is Cc1ccc(OCCOc2ccc(Cl)cc2CNC(=O)CC#N)cc1. The molecule has 0 unspecified atom stereocenters. The largest absolute Gasteiger partial charge is 0.490 e. The molecule has 0 heterocycles. The Hall–Kier alpha value is -2.71. The number of amides is 1. The Kier molecular flexibility index (Phi) is 7.12. The van der Waals surface area contributed by atoms with Gasteiger partial charge in [-0.3, -0.25) is 4.79 Å². The standard InChI is InChI=1S/C19H19ClN2O3/c1-14-2-5-17(6-3-14)24-10-11-25-18-7-4-16(20)12-15(18)13-22-19(23)8-9-21/h2-7,12H,8,10-11,13H2,1H3,(H,22,23). The Balaban J connectivity index is 1.87. The van der Waals surface area contributed by atoms with Crippen molar-refractivity contribution in [2.75, 3.05) is 13.2 Å². The van der Waals surface area contributed by atoms with Gasteiger partial charge in [-0.15, -0.1) is 0 Å². The fourth-order valence-electron chi connectivity index (χ4n) is 2.10. The van der Waals surface area contributed by atoms with Gasteiger partial charge in [0.25, 0.3) is 0 Å². The molecule has 1 amide bonds. The first-order chi connectivity index (χ1) is 12.1. The zero-order valence-corrected chi connectivity index (χ0v) is 14.7. The summed E-state index contributed by atoms with van der Waals surface area (Å²) in [6, 6.07) is 14.8. The van der Waals surface area contributed by atoms with Gasteiger partial charge in [-0.2, -0.15) is 5.26 Å². The molecule has 0 saturated heterocycles. The summed E-state index contributed by atoms with van der Waals surface area (Å²) < 4.78 is 11.3. The molecule has 0 fully saturated rings. The third-order valence-electron chi connectivity index (χ3n) is 3.37. The van der Waals surface area contributed by atoms with Crippen molar-refractivity contribution < 1.29 is 14.3 Å². The Bertz CT molecular complexity index is 754. The van der Waals surface area contributed by atoms with E-state index in [0.29, 0.717) is 24.0 Å². The predicted molar refractivity (Wildman–Crippen MR) is 95.7 cm³/mol. The van der Waals surface area contributed by atoms with Crippen LogP contribution in [0.25, 0.3) is 0 Å². The van der Waals surface area contributed by atoms with Gasteiger partial charge in [0.1, 0.15) is 31.1 Å². The van der Waals surface area contributed by atoms with Crippen molar-refractivity contribution in [3.05, 3.63) is 58.6 Å². The number of benzene rings is 2. The lowest BCUT2D eigenvalue weighted by Gasteiger charge is -2.13. The van der Waals surface area contributed by atoms with Crippen molar-refractivity contribution in [3.63, 3.8) is 0 Å². The summed E-state index contributed by atoms with van der Waals surface area (Å²) in [4.78, 5) is 11.4. The molecule has 0 spiro atoms. The number of hydrogen-bond donors (Lipinski definition) is 1. The van der Waals surface area contributed by atoms with Crippen LogP contribution in [0.1, 0.15) is 17.5 Å². The number of carbonyl (C=O) groups excluding carboxylic acids is 1. The van der Waals surface area contributed by atoms with Crippen LogP contribution in [0.3, 0.4) is 0 Å². The van der Waals surface area contributed by atoms with E-state index < -0.39 is 0 Å². The van der Waals surface area contributed by atoms with Crippen molar-refractivity contribution in [2.45, 2.75) is 19.9 Å². The molecular weight excluding hydrogens is 340 g/mol. The van der Waals surface area contributed by atoms with E-state index in [-0.39, 0.29) is 18.9 Å². The highest BCUT2D eigenvalue weighted by atomic mass is 35.5. The van der Waals surface area contributed by atoms with Crippen molar-refractivity contribution in [1.82, 2.24) is 5.32 Å². The van der Waals surface area contributed by atoms with Crippen LogP contribution in [0.2, 0.25) is 5.02 Å². The first-order valence-corrected chi connectivity index (χ1v) is 8.20. The van der Waals surface area contributed by atoms with E-state index >= 15 is 0 Å². The van der Waals surface area contributed by atoms with Crippen LogP contribution in [0.5, 0.6) is 11.5 Å². The van der Waals surface area contributed by atoms with E-state index in [1.54, 1.807) is 24.3 Å². The monoisotopic (exact) mass is 358 g/mol. The number of carbonyl (C=O) groups is 1. The second kappa shape index (κ2) is 9.55. The Morgan fingerprint density at radius 3 is 2.60 bits per heavy atom. The molecule has 5 nitrogen and oxygen atoms in total. The molecule has 2 aromatic rings. The quantitative estimate of drug-likeness (QED) is 0.731. The Labute approximate surface area is 152 Å². The molecule has 0 atom stereocenters. The lowest BCUT2D eigenvalue weighted by atomic mass is 10.2. The number of ether oxygens (including phenoxy) is 2. The van der Waals surface area contributed by atoms with Gasteiger partial charge < -0.3 is 14.8 Å². The van der Waals surface area contributed by atoms with E-state index in [9.17, 15) is 4.79 Å². The summed E-state index contributed by atoms with van der Waals surface area (Å²) in [5.74, 6) is 1.07. The normalized spacial score (nSPS) is 9.96. The molecule has 0 saturated carbocycles. The van der Waals surface area contributed by atoms with E-state index in [1.165, 1.54) is 5.56 Å². The maximum atomic E-state index is 11.4. The summed E-state index contributed by atoms with van der Waals surface area (Å²) in [5, 5.41) is 11.7. The number of hydrogen-bond acceptors (Lipinski definition) is 4. The first kappa shape index (κ1) is 18.6. The average Bonchev–Trinajstić information content (AvgIpc) is 2.60. The maximum absolute atomic E-state index is 11.4. The molecular formula is C19H19ClN2O3. The second-order valence-corrected chi connectivity index (χ2v) is 5.81. The van der Waals surface area contributed by atoms with Crippen molar-refractivity contribution >= 4 is 17.5 Å². The molecule has 6 heteroatoms. The summed E-state index contributed by atoms with van der Waals surface area (Å²) in [6.07, 6.45) is -0.179. The summed E-state index contributed by atoms with van der Waals surface area (Å²) in [6.45, 7) is 3.01. The second-order valence-electron chi connectivity index (χ2n) is 5.37. The third-order valence-corrected chi connectivity index (χ3v) is 3.60. The fourth-order valence-corrected chi connectivity index (χ4v) is 2.30. The van der Waals surface area contributed by atoms with Crippen molar-refractivity contribution in [1.29, 1.82) is 5.26 Å². The van der Waals surface area contributed by atoms with Gasteiger partial charge in [-0.1, -0.05) is 29.3 Å². The molecule has 0 aliphatic carbocycles. The molecule has 0 bridgehead atoms. The molecule has 0 aliphatic heterocycles. The molecule has 0 aliphatic rings. The fraction of sp³-hybridized carbons (Fsp3) is 0.263. The number of aryl methyl sites for hydroxylation is 1. The highest BCUT2D eigenvalue weighted by Crippen LogP contribution is 2.23. The molecule has 0 radical (unpaired) electrons. The molecule has 130 valence electrons. The third kappa shape index (κ3) is 6.36. The Morgan fingerprint density at radius 2 is 1.88 bits per heavy atom. The van der Waals surface area contributed by atoms with Gasteiger partial charge in [0.05, 0.1) is 6.07 Å². The highest BCUT2D eigenvalue weighted by molar-refractivity contribution is 6.30. The van der Waals surface area contributed by atoms with Crippen LogP contribution in [-0.4, -0.2) is 19.1 Å². The molecule has 1 N–H and O–H groups in total. The van der Waals surface area contributed by atoms with Crippen molar-refractivity contribution in [3.8, 4) is 17.6 Å². The summed E-state index contributed by atoms with van der Waals surface area (Å²) in [7, 11) is 0. The highest BCUT2D eigenvalue weighted by Gasteiger charge is 2.07. The van der Waals surface area contributed by atoms with Crippen LogP contribution in [0.15, 0.2) is 42.5 Å². The van der Waals surface area contributed by atoms with Gasteiger partial charge in [-0.25, -0.2) is 0 Å². The number of nitriles is 1. The van der Waals surface area contributed by atoms with E-state index in [1.807, 2.05) is 31.2 Å². The van der Waals surface area contributed by atoms with Crippen LogP contribution in [0.4, 0.5) is 0 Å². The van der Waals surface area contributed by atoms with Gasteiger partial charge in [-0.05, 0) is 37.3 Å². The molecule has 25 heavy (non-hydrogen) atoms. The Morgan fingerprint density at radius 1 is 1.16 bits per heavy atom. The topological polar surface area (TPSA) is 71.3 Å². The minimum absolute atomic E-state index is 0.179. The number of nitrogens with one attached hydrogen (secondary N) is 1. The van der Waals surface area contributed by atoms with E-state index in [2.05, 4.69) is 5.32 Å². The first-order valence-electron chi connectivity index (χ1n) is 7.83. The number of rotatable bonds is 8. The van der Waals surface area contributed by atoms with E-state index in [4.69, 9.17) is 26.3 Å². The van der Waals surface area contributed by atoms with Gasteiger partial charge in [0, 0.05) is 17.1 Å². The molecule has 0 aromatic heterocycles. The zero-order chi connectivity index (χ0) is 18.1. The minimum atomic E-state index is -0.337. The van der Waals surface area contributed by atoms with Crippen LogP contribution in [-0.2, 0) is 11.3 Å². The molecule has 2 rings (SSSR count). The average molecular weight is 359 g/mol. The van der Waals surface area contributed by atoms with Crippen LogP contribution in [0, 0.1) is 18.3 Å². The summed E-state index contributed by atoms with van der Waals surface area (Å²) in [5.41, 5.74) is 1.92. The number of halogens is 1. The minimum Gasteiger partial charge on any atom is -0.490 e. The maximum Gasteiger partial charge on any atom is 0.234 e. The van der Waals surface area contributed by atoms with Crippen LogP contribution >= 0.6 is 11.6 Å². The van der Waals surface area contributed by atoms with E-state index in [0.717, 1.165) is 11.3 Å². The van der Waals surface area contributed by atoms with Crippen LogP contribution < -0.4 is 14.8 Å². The van der Waals surface area contributed by atoms with Crippen molar-refractivity contribution in [2.24, 2.45) is 0 Å². The lowest BCUT2D eigenvalue weighted by molar-refractivity contribution is -0.120. The number of nitrogens with zero attached hydrogens (tertiary/aromatic N) is 1. The summed E-state index contributed by atoms with van der Waals surface area (Å²) >= 11 is 6.00. The van der Waals surface area contributed by atoms with Gasteiger partial charge in [0.2, 0.25) is 5.91 Å². The molecule has 2 aromatic carbocycles. The predicted octanol–water partition coefficient (Wildman–Crippen LogP) is 3.64. The lowest BCUT2D eigenvalue weighted by Crippen LogP contribution is -2.22. The smallest absolute Gasteiger partial charge is 0.234 e. The van der Waals surface area contributed by atoms with Gasteiger partial charge >= 0.3 is 0 Å². The van der Waals surface area contributed by atoms with Gasteiger partial charge in [0.15, 0.2) is 0 Å².